The van der Waals surface area contributed by atoms with Gasteiger partial charge in [-0.25, -0.2) is 4.79 Å². The minimum absolute atomic E-state index is 0.0215. The smallest absolute Gasteiger partial charge is 0.339 e. The highest BCUT2D eigenvalue weighted by molar-refractivity contribution is 8.00. The summed E-state index contributed by atoms with van der Waals surface area (Å²) in [5, 5.41) is 3.39. The molecule has 0 atom stereocenters. The van der Waals surface area contributed by atoms with Crippen molar-refractivity contribution in [3.63, 3.8) is 0 Å². The van der Waals surface area contributed by atoms with E-state index in [1.807, 2.05) is 36.6 Å². The Morgan fingerprint density at radius 3 is 2.38 bits per heavy atom. The van der Waals surface area contributed by atoms with Crippen molar-refractivity contribution in [2.24, 2.45) is 17.8 Å². The predicted molar refractivity (Wildman–Crippen MR) is 145 cm³/mol. The maximum absolute atomic E-state index is 13.0. The van der Waals surface area contributed by atoms with Crippen molar-refractivity contribution in [2.45, 2.75) is 69.4 Å². The number of aromatic nitrogens is 1. The van der Waals surface area contributed by atoms with Crippen molar-refractivity contribution in [1.82, 2.24) is 9.88 Å². The molecule has 6 rings (SSSR count). The van der Waals surface area contributed by atoms with Gasteiger partial charge in [0.2, 0.25) is 11.7 Å². The number of hydrogen-bond donors (Lipinski definition) is 1. The Morgan fingerprint density at radius 2 is 1.73 bits per heavy atom. The molecule has 4 aliphatic carbocycles. The first-order valence-electron chi connectivity index (χ1n) is 13.3. The molecular formula is C30H36N2O4S. The number of amides is 1. The van der Waals surface area contributed by atoms with Gasteiger partial charge in [-0.1, -0.05) is 18.2 Å². The molecule has 4 fully saturated rings. The number of esters is 1. The maximum Gasteiger partial charge on any atom is 0.339 e. The summed E-state index contributed by atoms with van der Waals surface area (Å²) >= 11 is 1.35. The van der Waals surface area contributed by atoms with Crippen LogP contribution in [0, 0.1) is 31.6 Å². The topological polar surface area (TPSA) is 77.4 Å². The first-order chi connectivity index (χ1) is 17.8. The third-order valence-electron chi connectivity index (χ3n) is 8.43. The summed E-state index contributed by atoms with van der Waals surface area (Å²) in [4.78, 5) is 39.3. The van der Waals surface area contributed by atoms with Crippen LogP contribution in [0.3, 0.4) is 0 Å². The molecule has 1 amide bonds. The number of carbonyl (C=O) groups is 3. The van der Waals surface area contributed by atoms with Crippen molar-refractivity contribution in [3.05, 3.63) is 65.5 Å². The van der Waals surface area contributed by atoms with Gasteiger partial charge in [0.1, 0.15) is 0 Å². The maximum atomic E-state index is 13.0. The lowest BCUT2D eigenvalue weighted by molar-refractivity contribution is -0.124. The van der Waals surface area contributed by atoms with E-state index >= 15 is 0 Å². The van der Waals surface area contributed by atoms with Gasteiger partial charge in [0.15, 0.2) is 6.61 Å². The molecule has 4 bridgehead atoms. The van der Waals surface area contributed by atoms with E-state index in [4.69, 9.17) is 4.74 Å². The number of carbonyl (C=O) groups excluding carboxylic acids is 3. The number of thioether (sulfide) groups is 1. The number of hydrogen-bond acceptors (Lipinski definition) is 5. The summed E-state index contributed by atoms with van der Waals surface area (Å²) in [6.45, 7) is 7.87. The van der Waals surface area contributed by atoms with Crippen LogP contribution in [0.15, 0.2) is 47.9 Å². The Labute approximate surface area is 223 Å². The van der Waals surface area contributed by atoms with E-state index in [1.54, 1.807) is 18.2 Å². The lowest BCUT2D eigenvalue weighted by Gasteiger charge is -2.56. The summed E-state index contributed by atoms with van der Waals surface area (Å²) in [7, 11) is 0. The molecule has 37 heavy (non-hydrogen) atoms. The molecule has 0 saturated heterocycles. The van der Waals surface area contributed by atoms with E-state index in [0.717, 1.165) is 48.4 Å². The fraction of sp³-hybridized carbons (Fsp3) is 0.500. The zero-order valence-electron chi connectivity index (χ0n) is 21.8. The van der Waals surface area contributed by atoms with Crippen LogP contribution in [0.1, 0.15) is 70.6 Å². The summed E-state index contributed by atoms with van der Waals surface area (Å²) in [5.41, 5.74) is 2.70. The fourth-order valence-corrected chi connectivity index (χ4v) is 8.12. The molecule has 4 aliphatic rings. The highest BCUT2D eigenvalue weighted by atomic mass is 32.2. The number of aryl methyl sites for hydroxylation is 1. The minimum atomic E-state index is -0.558. The van der Waals surface area contributed by atoms with Crippen LogP contribution in [-0.2, 0) is 16.1 Å². The molecule has 1 aromatic heterocycles. The van der Waals surface area contributed by atoms with Crippen LogP contribution >= 0.6 is 11.8 Å². The molecule has 0 unspecified atom stereocenters. The first-order valence-corrected chi connectivity index (χ1v) is 14.3. The predicted octanol–water partition coefficient (Wildman–Crippen LogP) is 5.51. The molecule has 1 N–H and O–H groups in total. The summed E-state index contributed by atoms with van der Waals surface area (Å²) < 4.78 is 7.42. The van der Waals surface area contributed by atoms with Crippen LogP contribution in [0.4, 0.5) is 0 Å². The first kappa shape index (κ1) is 25.8. The normalized spacial score (nSPS) is 25.6. The summed E-state index contributed by atoms with van der Waals surface area (Å²) in [6.07, 6.45) is 9.13. The second kappa shape index (κ2) is 10.5. The second-order valence-electron chi connectivity index (χ2n) is 11.2. The molecule has 1 heterocycles. The Bertz CT molecular complexity index is 1190. The molecule has 0 spiro atoms. The Kier molecular flexibility index (Phi) is 7.35. The molecule has 2 aromatic rings. The Morgan fingerprint density at radius 1 is 1.08 bits per heavy atom. The van der Waals surface area contributed by atoms with E-state index in [-0.39, 0.29) is 29.6 Å². The third kappa shape index (κ3) is 5.42. The molecule has 6 nitrogen and oxygen atoms in total. The summed E-state index contributed by atoms with van der Waals surface area (Å²) in [6, 6.07) is 8.93. The number of ketones is 1. The number of nitrogens with one attached hydrogen (secondary N) is 1. The minimum Gasteiger partial charge on any atom is -0.454 e. The van der Waals surface area contributed by atoms with Gasteiger partial charge in [0, 0.05) is 33.9 Å². The van der Waals surface area contributed by atoms with E-state index in [0.29, 0.717) is 22.6 Å². The third-order valence-corrected chi connectivity index (χ3v) is 9.50. The van der Waals surface area contributed by atoms with Crippen LogP contribution in [0.25, 0.3) is 0 Å². The zero-order valence-corrected chi connectivity index (χ0v) is 22.6. The Hall–Kier alpha value is -2.80. The van der Waals surface area contributed by atoms with E-state index in [1.165, 1.54) is 31.0 Å². The quantitative estimate of drug-likeness (QED) is 0.194. The van der Waals surface area contributed by atoms with E-state index in [2.05, 4.69) is 11.9 Å². The van der Waals surface area contributed by atoms with Gasteiger partial charge in [0.05, 0.1) is 11.3 Å². The standard InChI is InChI=1S/C30H36N2O4S/c1-4-9-32-19(2)10-25(20(32)3)26(33)17-36-29(35)24-7-5-6-8-27(24)37-18-28(34)31-30-14-21-11-22(15-30)13-23(12-21)16-30/h4-8,10,21-23H,1,9,11-18H2,2-3H3,(H,31,34). The number of benzene rings is 1. The van der Waals surface area contributed by atoms with Crippen LogP contribution in [0.2, 0.25) is 0 Å². The lowest BCUT2D eigenvalue weighted by Crippen LogP contribution is -2.60. The average molecular weight is 521 g/mol. The molecule has 1 aromatic carbocycles. The van der Waals surface area contributed by atoms with Gasteiger partial charge < -0.3 is 14.6 Å². The van der Waals surface area contributed by atoms with Crippen molar-refractivity contribution in [3.8, 4) is 0 Å². The second-order valence-corrected chi connectivity index (χ2v) is 12.2. The van der Waals surface area contributed by atoms with Crippen molar-refractivity contribution in [1.29, 1.82) is 0 Å². The Balaban J connectivity index is 1.17. The zero-order chi connectivity index (χ0) is 26.2. The monoisotopic (exact) mass is 520 g/mol. The van der Waals surface area contributed by atoms with Crippen molar-refractivity contribution >= 4 is 29.4 Å². The lowest BCUT2D eigenvalue weighted by atomic mass is 9.53. The van der Waals surface area contributed by atoms with Crippen LogP contribution in [-0.4, -0.2) is 40.1 Å². The van der Waals surface area contributed by atoms with Crippen molar-refractivity contribution < 1.29 is 19.1 Å². The molecule has 196 valence electrons. The van der Waals surface area contributed by atoms with E-state index < -0.39 is 5.97 Å². The van der Waals surface area contributed by atoms with Crippen LogP contribution < -0.4 is 5.32 Å². The largest absolute Gasteiger partial charge is 0.454 e. The highest BCUT2D eigenvalue weighted by Gasteiger charge is 2.51. The van der Waals surface area contributed by atoms with Crippen LogP contribution in [0.5, 0.6) is 0 Å². The average Bonchev–Trinajstić information content (AvgIpc) is 3.13. The number of rotatable bonds is 10. The van der Waals surface area contributed by atoms with Gasteiger partial charge in [0.25, 0.3) is 0 Å². The molecule has 7 heteroatoms. The number of nitrogens with zero attached hydrogens (tertiary/aromatic N) is 1. The molecule has 0 aliphatic heterocycles. The number of allylic oxidation sites excluding steroid dienone is 1. The fourth-order valence-electron chi connectivity index (χ4n) is 7.28. The van der Waals surface area contributed by atoms with Crippen molar-refractivity contribution in [2.75, 3.05) is 12.4 Å². The number of Topliss-reactive ketones (excluding diaryl/α,β-unsaturated/α-hetero) is 1. The SMILES string of the molecule is C=CCn1c(C)cc(C(=O)COC(=O)c2ccccc2SCC(=O)NC23CC4CC(CC(C4)C2)C3)c1C. The molecular weight excluding hydrogens is 484 g/mol. The van der Waals surface area contributed by atoms with Gasteiger partial charge in [-0.2, -0.15) is 0 Å². The van der Waals surface area contributed by atoms with Gasteiger partial charge >= 0.3 is 5.97 Å². The number of ether oxygens (including phenoxy) is 1. The van der Waals surface area contributed by atoms with Gasteiger partial charge in [-0.15, -0.1) is 18.3 Å². The highest BCUT2D eigenvalue weighted by Crippen LogP contribution is 2.55. The molecule has 4 saturated carbocycles. The summed E-state index contributed by atoms with van der Waals surface area (Å²) in [5.74, 6) is 1.79. The van der Waals surface area contributed by atoms with Gasteiger partial charge in [-0.05, 0) is 88.3 Å². The van der Waals surface area contributed by atoms with E-state index in [9.17, 15) is 14.4 Å². The van der Waals surface area contributed by atoms with Gasteiger partial charge in [-0.3, -0.25) is 9.59 Å². The molecule has 0 radical (unpaired) electrons.